The van der Waals surface area contributed by atoms with Gasteiger partial charge in [0.25, 0.3) is 0 Å². The van der Waals surface area contributed by atoms with Gasteiger partial charge < -0.3 is 4.90 Å². The molecule has 0 aliphatic carbocycles. The van der Waals surface area contributed by atoms with E-state index in [0.29, 0.717) is 18.7 Å². The molecule has 0 radical (unpaired) electrons. The third-order valence-corrected chi connectivity index (χ3v) is 3.53. The number of hydrogen-bond acceptors (Lipinski definition) is 1. The van der Waals surface area contributed by atoms with E-state index < -0.39 is 11.7 Å². The maximum atomic E-state index is 12.8. The Morgan fingerprint density at radius 1 is 1.04 bits per heavy atom. The second-order valence-corrected chi connectivity index (χ2v) is 5.42. The van der Waals surface area contributed by atoms with Gasteiger partial charge in [-0.2, -0.15) is 13.2 Å². The number of benzene rings is 2. The Morgan fingerprint density at radius 2 is 1.71 bits per heavy atom. The predicted molar refractivity (Wildman–Crippen MR) is 87.2 cm³/mol. The number of hydrogen-bond donors (Lipinski definition) is 0. The molecule has 2 aromatic rings. The number of alkyl halides is 3. The highest BCUT2D eigenvalue weighted by Crippen LogP contribution is 2.29. The first-order valence-corrected chi connectivity index (χ1v) is 7.49. The molecule has 0 fully saturated rings. The van der Waals surface area contributed by atoms with Crippen molar-refractivity contribution in [2.24, 2.45) is 0 Å². The lowest BCUT2D eigenvalue weighted by atomic mass is 10.1. The normalized spacial score (nSPS) is 11.1. The molecule has 126 valence electrons. The lowest BCUT2D eigenvalue weighted by molar-refractivity contribution is -0.138. The van der Waals surface area contributed by atoms with Gasteiger partial charge in [-0.15, -0.1) is 6.58 Å². The van der Waals surface area contributed by atoms with Gasteiger partial charge in [0.1, 0.15) is 0 Å². The maximum Gasteiger partial charge on any atom is 0.416 e. The molecule has 5 heteroatoms. The van der Waals surface area contributed by atoms with Crippen molar-refractivity contribution in [1.82, 2.24) is 4.90 Å². The fraction of sp³-hybridized carbons (Fsp3) is 0.211. The van der Waals surface area contributed by atoms with Crippen LogP contribution in [0.3, 0.4) is 0 Å². The second-order valence-electron chi connectivity index (χ2n) is 5.42. The summed E-state index contributed by atoms with van der Waals surface area (Å²) in [4.78, 5) is 14.0. The zero-order chi connectivity index (χ0) is 17.6. The van der Waals surface area contributed by atoms with Crippen LogP contribution < -0.4 is 0 Å². The van der Waals surface area contributed by atoms with E-state index in [9.17, 15) is 18.0 Å². The predicted octanol–water partition coefficient (Wildman–Crippen LogP) is 4.46. The van der Waals surface area contributed by atoms with Crippen molar-refractivity contribution < 1.29 is 18.0 Å². The molecule has 2 nitrogen and oxygen atoms in total. The fourth-order valence-corrected chi connectivity index (χ4v) is 2.36. The summed E-state index contributed by atoms with van der Waals surface area (Å²) in [7, 11) is 0. The molecule has 0 aromatic heterocycles. The van der Waals surface area contributed by atoms with Crippen molar-refractivity contribution in [3.63, 3.8) is 0 Å². The Labute approximate surface area is 139 Å². The SMILES string of the molecule is C=CCN(Cc1ccccc1)C(=O)Cc1cccc(C(F)(F)F)c1. The number of carbonyl (C=O) groups excluding carboxylic acids is 1. The van der Waals surface area contributed by atoms with Crippen molar-refractivity contribution in [1.29, 1.82) is 0 Å². The van der Waals surface area contributed by atoms with Gasteiger partial charge >= 0.3 is 6.18 Å². The molecule has 2 aromatic carbocycles. The molecule has 0 saturated carbocycles. The molecule has 0 aliphatic heterocycles. The molecule has 0 unspecified atom stereocenters. The largest absolute Gasteiger partial charge is 0.416 e. The average molecular weight is 333 g/mol. The van der Waals surface area contributed by atoms with Crippen LogP contribution in [0.15, 0.2) is 67.3 Å². The smallest absolute Gasteiger partial charge is 0.334 e. The molecule has 0 N–H and O–H groups in total. The Bertz CT molecular complexity index is 695. The molecular formula is C19H18F3NO. The molecule has 0 atom stereocenters. The van der Waals surface area contributed by atoms with E-state index in [1.54, 1.807) is 11.0 Å². The number of amides is 1. The Morgan fingerprint density at radius 3 is 2.33 bits per heavy atom. The minimum absolute atomic E-state index is 0.0788. The summed E-state index contributed by atoms with van der Waals surface area (Å²) in [6.07, 6.45) is -2.89. The third kappa shape index (κ3) is 4.98. The van der Waals surface area contributed by atoms with Gasteiger partial charge in [-0.05, 0) is 17.2 Å². The highest BCUT2D eigenvalue weighted by Gasteiger charge is 2.30. The Hall–Kier alpha value is -2.56. The molecule has 2 rings (SSSR count). The van der Waals surface area contributed by atoms with E-state index >= 15 is 0 Å². The van der Waals surface area contributed by atoms with Crippen molar-refractivity contribution in [3.8, 4) is 0 Å². The van der Waals surface area contributed by atoms with Crippen LogP contribution >= 0.6 is 0 Å². The molecule has 0 saturated heterocycles. The topological polar surface area (TPSA) is 20.3 Å². The average Bonchev–Trinajstić information content (AvgIpc) is 2.55. The first-order valence-electron chi connectivity index (χ1n) is 7.49. The zero-order valence-electron chi connectivity index (χ0n) is 13.1. The van der Waals surface area contributed by atoms with Gasteiger partial charge in [-0.1, -0.05) is 54.6 Å². The van der Waals surface area contributed by atoms with Gasteiger partial charge in [0.2, 0.25) is 5.91 Å². The third-order valence-electron chi connectivity index (χ3n) is 3.53. The molecule has 24 heavy (non-hydrogen) atoms. The number of carbonyl (C=O) groups is 1. The van der Waals surface area contributed by atoms with Gasteiger partial charge in [-0.3, -0.25) is 4.79 Å². The minimum atomic E-state index is -4.41. The van der Waals surface area contributed by atoms with Crippen LogP contribution in [0.4, 0.5) is 13.2 Å². The number of rotatable bonds is 6. The molecule has 0 heterocycles. The standard InChI is InChI=1S/C19H18F3NO/c1-2-11-23(14-15-7-4-3-5-8-15)18(24)13-16-9-6-10-17(12-16)19(20,21)22/h2-10,12H,1,11,13-14H2. The lowest BCUT2D eigenvalue weighted by Crippen LogP contribution is -2.32. The molecule has 0 aliphatic rings. The van der Waals surface area contributed by atoms with Crippen LogP contribution in [0, 0.1) is 0 Å². The summed E-state index contributed by atoms with van der Waals surface area (Å²) >= 11 is 0. The van der Waals surface area contributed by atoms with E-state index in [1.807, 2.05) is 30.3 Å². The number of nitrogens with zero attached hydrogens (tertiary/aromatic N) is 1. The van der Waals surface area contributed by atoms with E-state index in [2.05, 4.69) is 6.58 Å². The van der Waals surface area contributed by atoms with Gasteiger partial charge in [0.05, 0.1) is 12.0 Å². The first-order chi connectivity index (χ1) is 11.4. The van der Waals surface area contributed by atoms with Crippen molar-refractivity contribution in [2.45, 2.75) is 19.1 Å². The first kappa shape index (κ1) is 17.8. The van der Waals surface area contributed by atoms with Crippen LogP contribution in [-0.4, -0.2) is 17.4 Å². The highest BCUT2D eigenvalue weighted by atomic mass is 19.4. The summed E-state index contributed by atoms with van der Waals surface area (Å²) in [6.45, 7) is 4.37. The highest BCUT2D eigenvalue weighted by molar-refractivity contribution is 5.79. The lowest BCUT2D eigenvalue weighted by Gasteiger charge is -2.21. The van der Waals surface area contributed by atoms with E-state index in [4.69, 9.17) is 0 Å². The van der Waals surface area contributed by atoms with Crippen LogP contribution in [0.2, 0.25) is 0 Å². The van der Waals surface area contributed by atoms with Crippen molar-refractivity contribution in [3.05, 3.63) is 83.9 Å². The molecule has 0 spiro atoms. The Kier molecular flexibility index (Phi) is 5.79. The summed E-state index contributed by atoms with van der Waals surface area (Å²) in [5, 5.41) is 0. The van der Waals surface area contributed by atoms with Crippen molar-refractivity contribution in [2.75, 3.05) is 6.54 Å². The molecule has 1 amide bonds. The van der Waals surface area contributed by atoms with Crippen LogP contribution in [-0.2, 0) is 23.9 Å². The summed E-state index contributed by atoms with van der Waals surface area (Å²) in [6, 6.07) is 14.3. The summed E-state index contributed by atoms with van der Waals surface area (Å²) < 4.78 is 38.3. The van der Waals surface area contributed by atoms with E-state index in [-0.39, 0.29) is 12.3 Å². The van der Waals surface area contributed by atoms with Crippen LogP contribution in [0.1, 0.15) is 16.7 Å². The van der Waals surface area contributed by atoms with E-state index in [1.165, 1.54) is 12.1 Å². The van der Waals surface area contributed by atoms with E-state index in [0.717, 1.165) is 17.7 Å². The van der Waals surface area contributed by atoms with Crippen LogP contribution in [0.5, 0.6) is 0 Å². The van der Waals surface area contributed by atoms with Crippen molar-refractivity contribution >= 4 is 5.91 Å². The second kappa shape index (κ2) is 7.81. The minimum Gasteiger partial charge on any atom is -0.334 e. The maximum absolute atomic E-state index is 12.8. The quantitative estimate of drug-likeness (QED) is 0.715. The van der Waals surface area contributed by atoms with Gasteiger partial charge in [0, 0.05) is 13.1 Å². The fourth-order valence-electron chi connectivity index (χ4n) is 2.36. The molecule has 0 bridgehead atoms. The number of halogens is 3. The van der Waals surface area contributed by atoms with Gasteiger partial charge in [0.15, 0.2) is 0 Å². The van der Waals surface area contributed by atoms with Gasteiger partial charge in [-0.25, -0.2) is 0 Å². The monoisotopic (exact) mass is 333 g/mol. The summed E-state index contributed by atoms with van der Waals surface area (Å²) in [5.74, 6) is -0.238. The zero-order valence-corrected chi connectivity index (χ0v) is 13.1. The molecular weight excluding hydrogens is 315 g/mol. The Balaban J connectivity index is 2.12. The van der Waals surface area contributed by atoms with Crippen LogP contribution in [0.25, 0.3) is 0 Å². The summed E-state index contributed by atoms with van der Waals surface area (Å²) in [5.41, 5.74) is 0.555.